The molecule has 25 heavy (non-hydrogen) atoms. The van der Waals surface area contributed by atoms with Gasteiger partial charge < -0.3 is 10.1 Å². The molecule has 1 aliphatic carbocycles. The van der Waals surface area contributed by atoms with Crippen molar-refractivity contribution in [2.45, 2.75) is 64.0 Å². The lowest BCUT2D eigenvalue weighted by Crippen LogP contribution is -2.62. The summed E-state index contributed by atoms with van der Waals surface area (Å²) in [5.41, 5.74) is 1.59. The maximum atomic E-state index is 13.4. The highest BCUT2D eigenvalue weighted by Gasteiger charge is 2.45. The molecule has 2 aliphatic rings. The van der Waals surface area contributed by atoms with Crippen LogP contribution in [0.3, 0.4) is 0 Å². The number of hydrogen-bond acceptors (Lipinski definition) is 4. The second kappa shape index (κ2) is 8.28. The lowest BCUT2D eigenvalue weighted by molar-refractivity contribution is -0.141. The predicted molar refractivity (Wildman–Crippen MR) is 98.4 cm³/mol. The highest BCUT2D eigenvalue weighted by molar-refractivity contribution is 5.86. The molecule has 0 unspecified atom stereocenters. The van der Waals surface area contributed by atoms with Gasteiger partial charge in [0, 0.05) is 18.8 Å². The third-order valence-corrected chi connectivity index (χ3v) is 5.70. The summed E-state index contributed by atoms with van der Waals surface area (Å²) in [5, 5.41) is 3.33. The number of nitrogens with one attached hydrogen (secondary N) is 1. The number of aryl methyl sites for hydroxylation is 1. The summed E-state index contributed by atoms with van der Waals surface area (Å²) < 4.78 is 5.52. The molecule has 1 saturated carbocycles. The Morgan fingerprint density at radius 3 is 2.64 bits per heavy atom. The molecule has 0 bridgehead atoms. The zero-order valence-corrected chi connectivity index (χ0v) is 15.6. The Kier molecular flexibility index (Phi) is 6.07. The van der Waals surface area contributed by atoms with E-state index in [9.17, 15) is 4.79 Å². The van der Waals surface area contributed by atoms with Gasteiger partial charge in [-0.05, 0) is 38.3 Å². The Morgan fingerprint density at radius 1 is 1.28 bits per heavy atom. The van der Waals surface area contributed by atoms with Gasteiger partial charge in [0.15, 0.2) is 0 Å². The molecule has 0 aromatic carbocycles. The van der Waals surface area contributed by atoms with Crippen molar-refractivity contribution < 1.29 is 9.53 Å². The molecular weight excluding hydrogens is 314 g/mol. The van der Waals surface area contributed by atoms with E-state index in [1.165, 1.54) is 6.42 Å². The van der Waals surface area contributed by atoms with Gasteiger partial charge in [-0.3, -0.25) is 14.7 Å². The first kappa shape index (κ1) is 18.3. The van der Waals surface area contributed by atoms with E-state index in [0.717, 1.165) is 69.8 Å². The van der Waals surface area contributed by atoms with E-state index in [0.29, 0.717) is 0 Å². The molecule has 2 heterocycles. The van der Waals surface area contributed by atoms with Gasteiger partial charge in [0.05, 0.1) is 24.9 Å². The summed E-state index contributed by atoms with van der Waals surface area (Å²) in [5.74, 6) is 0.184. The minimum Gasteiger partial charge on any atom is -0.379 e. The quantitative estimate of drug-likeness (QED) is 0.891. The van der Waals surface area contributed by atoms with Crippen molar-refractivity contribution >= 4 is 5.91 Å². The first-order valence-corrected chi connectivity index (χ1v) is 9.73. The Bertz CT molecular complexity index is 578. The fourth-order valence-electron chi connectivity index (χ4n) is 4.25. The largest absolute Gasteiger partial charge is 0.379 e. The molecule has 2 fully saturated rings. The minimum atomic E-state index is -0.362. The number of carbonyl (C=O) groups excluding carboxylic acids is 1. The fraction of sp³-hybridized carbons (Fsp3) is 0.700. The second-order valence-electron chi connectivity index (χ2n) is 7.33. The van der Waals surface area contributed by atoms with Gasteiger partial charge in [-0.2, -0.15) is 0 Å². The van der Waals surface area contributed by atoms with Crippen LogP contribution in [0.5, 0.6) is 0 Å². The summed E-state index contributed by atoms with van der Waals surface area (Å²) >= 11 is 0. The maximum absolute atomic E-state index is 13.4. The molecule has 3 rings (SSSR count). The summed E-state index contributed by atoms with van der Waals surface area (Å²) in [4.78, 5) is 20.4. The molecule has 1 atom stereocenters. The van der Waals surface area contributed by atoms with Crippen LogP contribution in [0, 0.1) is 6.92 Å². The normalized spacial score (nSPS) is 22.3. The van der Waals surface area contributed by atoms with Crippen molar-refractivity contribution in [3.8, 4) is 0 Å². The highest BCUT2D eigenvalue weighted by Crippen LogP contribution is 2.35. The van der Waals surface area contributed by atoms with E-state index < -0.39 is 0 Å². The molecule has 0 spiro atoms. The minimum absolute atomic E-state index is 0.0211. The summed E-state index contributed by atoms with van der Waals surface area (Å²) in [6.07, 6.45) is 6.25. The smallest absolute Gasteiger partial charge is 0.241 e. The molecule has 1 aromatic heterocycles. The molecule has 138 valence electrons. The molecule has 1 aliphatic heterocycles. The monoisotopic (exact) mass is 345 g/mol. The lowest BCUT2D eigenvalue weighted by Gasteiger charge is -2.47. The van der Waals surface area contributed by atoms with Crippen LogP contribution in [0.1, 0.15) is 62.9 Å². The van der Waals surface area contributed by atoms with Crippen molar-refractivity contribution in [2.75, 3.05) is 26.3 Å². The van der Waals surface area contributed by atoms with Crippen LogP contribution in [-0.4, -0.2) is 47.6 Å². The van der Waals surface area contributed by atoms with Gasteiger partial charge in [0.25, 0.3) is 0 Å². The van der Waals surface area contributed by atoms with Gasteiger partial charge in [-0.1, -0.05) is 32.3 Å². The van der Waals surface area contributed by atoms with Crippen LogP contribution in [-0.2, 0) is 9.53 Å². The number of nitrogens with zero attached hydrogens (tertiary/aromatic N) is 2. The van der Waals surface area contributed by atoms with Crippen molar-refractivity contribution in [3.05, 3.63) is 29.6 Å². The number of morpholine rings is 1. The number of amides is 1. The first-order chi connectivity index (χ1) is 12.2. The molecule has 5 heteroatoms. The third-order valence-electron chi connectivity index (χ3n) is 5.70. The Labute approximate surface area is 151 Å². The number of rotatable bonds is 5. The predicted octanol–water partition coefficient (Wildman–Crippen LogP) is 2.99. The van der Waals surface area contributed by atoms with Crippen LogP contribution < -0.4 is 5.32 Å². The molecular formula is C20H31N3O2. The maximum Gasteiger partial charge on any atom is 0.241 e. The van der Waals surface area contributed by atoms with Crippen molar-refractivity contribution in [1.82, 2.24) is 15.2 Å². The number of carbonyl (C=O) groups is 1. The van der Waals surface area contributed by atoms with E-state index in [1.54, 1.807) is 0 Å². The van der Waals surface area contributed by atoms with E-state index in [4.69, 9.17) is 4.74 Å². The van der Waals surface area contributed by atoms with Gasteiger partial charge in [0.2, 0.25) is 5.91 Å². The van der Waals surface area contributed by atoms with Crippen molar-refractivity contribution in [2.24, 2.45) is 0 Å². The summed E-state index contributed by atoms with van der Waals surface area (Å²) in [7, 11) is 0. The molecule has 1 amide bonds. The average Bonchev–Trinajstić information content (AvgIpc) is 2.67. The second-order valence-corrected chi connectivity index (χ2v) is 7.33. The number of pyridine rings is 1. The number of hydrogen-bond donors (Lipinski definition) is 1. The van der Waals surface area contributed by atoms with Crippen LogP contribution >= 0.6 is 0 Å². The number of ether oxygens (including phenoxy) is 1. The zero-order valence-electron chi connectivity index (χ0n) is 15.6. The Balaban J connectivity index is 1.79. The summed E-state index contributed by atoms with van der Waals surface area (Å²) in [6.45, 7) is 7.27. The topological polar surface area (TPSA) is 54.5 Å². The SMILES string of the molecule is CC[C@H](NC(=O)C1(N2CCOCC2)CCCCC1)c1cccc(C)n1. The third kappa shape index (κ3) is 4.04. The van der Waals surface area contributed by atoms with Crippen LogP contribution in [0.15, 0.2) is 18.2 Å². The van der Waals surface area contributed by atoms with E-state index >= 15 is 0 Å². The highest BCUT2D eigenvalue weighted by atomic mass is 16.5. The van der Waals surface area contributed by atoms with Gasteiger partial charge in [0.1, 0.15) is 5.54 Å². The molecule has 1 aromatic rings. The zero-order chi connectivity index (χ0) is 17.7. The number of aromatic nitrogens is 1. The van der Waals surface area contributed by atoms with Gasteiger partial charge in [-0.25, -0.2) is 0 Å². The van der Waals surface area contributed by atoms with Crippen LogP contribution in [0.2, 0.25) is 0 Å². The van der Waals surface area contributed by atoms with E-state index in [-0.39, 0.29) is 17.5 Å². The van der Waals surface area contributed by atoms with Crippen molar-refractivity contribution in [3.63, 3.8) is 0 Å². The average molecular weight is 345 g/mol. The standard InChI is InChI=1S/C20H31N3O2/c1-3-17(18-9-7-8-16(2)21-18)22-19(24)20(10-5-4-6-11-20)23-12-14-25-15-13-23/h7-9,17H,3-6,10-15H2,1-2H3,(H,22,24)/t17-/m0/s1. The fourth-order valence-corrected chi connectivity index (χ4v) is 4.25. The lowest BCUT2D eigenvalue weighted by atomic mass is 9.79. The van der Waals surface area contributed by atoms with E-state index in [2.05, 4.69) is 22.1 Å². The van der Waals surface area contributed by atoms with Crippen LogP contribution in [0.25, 0.3) is 0 Å². The molecule has 1 saturated heterocycles. The molecule has 1 N–H and O–H groups in total. The summed E-state index contributed by atoms with van der Waals surface area (Å²) in [6, 6.07) is 6.01. The van der Waals surface area contributed by atoms with E-state index in [1.807, 2.05) is 25.1 Å². The Hall–Kier alpha value is -1.46. The van der Waals surface area contributed by atoms with Crippen LogP contribution in [0.4, 0.5) is 0 Å². The molecule has 5 nitrogen and oxygen atoms in total. The van der Waals surface area contributed by atoms with Crippen molar-refractivity contribution in [1.29, 1.82) is 0 Å². The first-order valence-electron chi connectivity index (χ1n) is 9.73. The molecule has 0 radical (unpaired) electrons. The Morgan fingerprint density at radius 2 is 2.00 bits per heavy atom. The van der Waals surface area contributed by atoms with Gasteiger partial charge in [-0.15, -0.1) is 0 Å². The van der Waals surface area contributed by atoms with Gasteiger partial charge >= 0.3 is 0 Å².